The van der Waals surface area contributed by atoms with E-state index < -0.39 is 0 Å². The predicted octanol–water partition coefficient (Wildman–Crippen LogP) is 2.35. The highest BCUT2D eigenvalue weighted by Gasteiger charge is 2.23. The normalized spacial score (nSPS) is 15.8. The number of piperazine rings is 1. The second kappa shape index (κ2) is 6.71. The lowest BCUT2D eigenvalue weighted by atomic mass is 10.1. The van der Waals surface area contributed by atoms with Gasteiger partial charge in [0.1, 0.15) is 0 Å². The highest BCUT2D eigenvalue weighted by atomic mass is 16.2. The molecule has 1 saturated heterocycles. The fourth-order valence-corrected chi connectivity index (χ4v) is 2.81. The van der Waals surface area contributed by atoms with Crippen LogP contribution in [-0.4, -0.2) is 46.9 Å². The lowest BCUT2D eigenvalue weighted by molar-refractivity contribution is 0.0626. The maximum atomic E-state index is 12.6. The van der Waals surface area contributed by atoms with E-state index in [9.17, 15) is 4.79 Å². The van der Waals surface area contributed by atoms with Crippen molar-refractivity contribution in [1.29, 1.82) is 0 Å². The van der Waals surface area contributed by atoms with E-state index in [0.29, 0.717) is 0 Å². The summed E-state index contributed by atoms with van der Waals surface area (Å²) in [6.45, 7) is 6.19. The van der Waals surface area contributed by atoms with Gasteiger partial charge in [-0.05, 0) is 30.7 Å². The molecule has 1 aliphatic heterocycles. The molecule has 2 heterocycles. The van der Waals surface area contributed by atoms with Crippen molar-refractivity contribution in [1.82, 2.24) is 14.8 Å². The van der Waals surface area contributed by atoms with Gasteiger partial charge in [0.05, 0.1) is 5.69 Å². The number of amides is 1. The molecule has 114 valence electrons. The minimum Gasteiger partial charge on any atom is -0.336 e. The third kappa shape index (κ3) is 3.34. The largest absolute Gasteiger partial charge is 0.336 e. The molecule has 3 rings (SSSR count). The van der Waals surface area contributed by atoms with Gasteiger partial charge in [0, 0.05) is 44.5 Å². The molecule has 0 spiro atoms. The van der Waals surface area contributed by atoms with E-state index in [0.717, 1.165) is 49.5 Å². The van der Waals surface area contributed by atoms with Crippen LogP contribution in [-0.2, 0) is 6.54 Å². The fourth-order valence-electron chi connectivity index (χ4n) is 2.81. The second-order valence-electron chi connectivity index (χ2n) is 5.70. The van der Waals surface area contributed by atoms with Crippen molar-refractivity contribution >= 4 is 5.91 Å². The van der Waals surface area contributed by atoms with Gasteiger partial charge in [-0.15, -0.1) is 0 Å². The van der Waals surface area contributed by atoms with Gasteiger partial charge in [0.25, 0.3) is 5.91 Å². The molecular formula is C18H21N3O. The summed E-state index contributed by atoms with van der Waals surface area (Å²) in [5, 5.41) is 0. The first-order valence-electron chi connectivity index (χ1n) is 7.71. The highest BCUT2D eigenvalue weighted by molar-refractivity contribution is 5.95. The summed E-state index contributed by atoms with van der Waals surface area (Å²) in [7, 11) is 0. The van der Waals surface area contributed by atoms with Crippen molar-refractivity contribution in [3.63, 3.8) is 0 Å². The molecule has 4 heteroatoms. The number of hydrogen-bond donors (Lipinski definition) is 0. The van der Waals surface area contributed by atoms with Crippen molar-refractivity contribution in [3.8, 4) is 0 Å². The summed E-state index contributed by atoms with van der Waals surface area (Å²) in [5.74, 6) is 0.149. The van der Waals surface area contributed by atoms with Gasteiger partial charge in [-0.3, -0.25) is 14.7 Å². The molecule has 0 aliphatic carbocycles. The molecule has 2 aromatic rings. The van der Waals surface area contributed by atoms with Crippen LogP contribution < -0.4 is 0 Å². The molecule has 1 amide bonds. The maximum absolute atomic E-state index is 12.6. The van der Waals surface area contributed by atoms with E-state index >= 15 is 0 Å². The Balaban J connectivity index is 1.58. The number of pyridine rings is 1. The quantitative estimate of drug-likeness (QED) is 0.872. The molecule has 0 unspecified atom stereocenters. The van der Waals surface area contributed by atoms with E-state index in [4.69, 9.17) is 0 Å². The van der Waals surface area contributed by atoms with Crippen LogP contribution in [0.25, 0.3) is 0 Å². The summed E-state index contributed by atoms with van der Waals surface area (Å²) < 4.78 is 0. The van der Waals surface area contributed by atoms with Crippen LogP contribution in [0.2, 0.25) is 0 Å². The van der Waals surface area contributed by atoms with Crippen LogP contribution in [0.15, 0.2) is 48.7 Å². The topological polar surface area (TPSA) is 36.4 Å². The van der Waals surface area contributed by atoms with Gasteiger partial charge in [0.15, 0.2) is 0 Å². The zero-order valence-electron chi connectivity index (χ0n) is 12.9. The summed E-state index contributed by atoms with van der Waals surface area (Å²) in [5.41, 5.74) is 2.95. The SMILES string of the molecule is Cc1ccccc1C(=O)N1CCN(Cc2ccccn2)CC1. The van der Waals surface area contributed by atoms with Gasteiger partial charge in [0.2, 0.25) is 0 Å². The van der Waals surface area contributed by atoms with Crippen molar-refractivity contribution in [2.45, 2.75) is 13.5 Å². The van der Waals surface area contributed by atoms with E-state index in [1.54, 1.807) is 0 Å². The average molecular weight is 295 g/mol. The number of carbonyl (C=O) groups is 1. The molecule has 1 aromatic carbocycles. The van der Waals surface area contributed by atoms with Crippen molar-refractivity contribution in [3.05, 3.63) is 65.5 Å². The zero-order valence-corrected chi connectivity index (χ0v) is 12.9. The highest BCUT2D eigenvalue weighted by Crippen LogP contribution is 2.13. The lowest BCUT2D eigenvalue weighted by Gasteiger charge is -2.34. The van der Waals surface area contributed by atoms with Crippen LogP contribution in [0.4, 0.5) is 0 Å². The van der Waals surface area contributed by atoms with Crippen molar-refractivity contribution in [2.24, 2.45) is 0 Å². The van der Waals surface area contributed by atoms with Crippen LogP contribution in [0, 0.1) is 6.92 Å². The number of benzene rings is 1. The molecule has 0 saturated carbocycles. The molecule has 4 nitrogen and oxygen atoms in total. The smallest absolute Gasteiger partial charge is 0.254 e. The molecule has 0 bridgehead atoms. The Bertz CT molecular complexity index is 634. The second-order valence-corrected chi connectivity index (χ2v) is 5.70. The Kier molecular flexibility index (Phi) is 4.49. The number of nitrogens with zero attached hydrogens (tertiary/aromatic N) is 3. The number of aromatic nitrogens is 1. The number of aryl methyl sites for hydroxylation is 1. The molecule has 0 atom stereocenters. The Hall–Kier alpha value is -2.20. The summed E-state index contributed by atoms with van der Waals surface area (Å²) in [6, 6.07) is 13.8. The van der Waals surface area contributed by atoms with Gasteiger partial charge >= 0.3 is 0 Å². The Morgan fingerprint density at radius 3 is 2.45 bits per heavy atom. The van der Waals surface area contributed by atoms with Crippen molar-refractivity contribution in [2.75, 3.05) is 26.2 Å². The van der Waals surface area contributed by atoms with Crippen molar-refractivity contribution < 1.29 is 4.79 Å². The number of carbonyl (C=O) groups excluding carboxylic acids is 1. The summed E-state index contributed by atoms with van der Waals surface area (Å²) >= 11 is 0. The first kappa shape index (κ1) is 14.7. The Morgan fingerprint density at radius 2 is 1.77 bits per heavy atom. The monoisotopic (exact) mass is 295 g/mol. The predicted molar refractivity (Wildman–Crippen MR) is 86.6 cm³/mol. The first-order chi connectivity index (χ1) is 10.7. The minimum atomic E-state index is 0.149. The van der Waals surface area contributed by atoms with Gasteiger partial charge in [-0.25, -0.2) is 0 Å². The Labute approximate surface area is 131 Å². The molecule has 1 aromatic heterocycles. The molecule has 0 N–H and O–H groups in total. The zero-order chi connectivity index (χ0) is 15.4. The van der Waals surface area contributed by atoms with Gasteiger partial charge in [-0.1, -0.05) is 24.3 Å². The molecule has 1 aliphatic rings. The molecule has 1 fully saturated rings. The average Bonchev–Trinajstić information content (AvgIpc) is 2.56. The van der Waals surface area contributed by atoms with Gasteiger partial charge in [-0.2, -0.15) is 0 Å². The summed E-state index contributed by atoms with van der Waals surface area (Å²) in [4.78, 5) is 21.3. The third-order valence-corrected chi connectivity index (χ3v) is 4.15. The van der Waals surface area contributed by atoms with Crippen LogP contribution in [0.3, 0.4) is 0 Å². The van der Waals surface area contributed by atoms with E-state index in [1.807, 2.05) is 60.5 Å². The number of hydrogen-bond acceptors (Lipinski definition) is 3. The van der Waals surface area contributed by atoms with Crippen LogP contribution in [0.5, 0.6) is 0 Å². The minimum absolute atomic E-state index is 0.149. The summed E-state index contributed by atoms with van der Waals surface area (Å²) in [6.07, 6.45) is 1.83. The third-order valence-electron chi connectivity index (χ3n) is 4.15. The van der Waals surface area contributed by atoms with Gasteiger partial charge < -0.3 is 4.90 Å². The van der Waals surface area contributed by atoms with Crippen LogP contribution in [0.1, 0.15) is 21.6 Å². The molecule has 0 radical (unpaired) electrons. The van der Waals surface area contributed by atoms with E-state index in [1.165, 1.54) is 0 Å². The maximum Gasteiger partial charge on any atom is 0.254 e. The molecule has 22 heavy (non-hydrogen) atoms. The number of rotatable bonds is 3. The Morgan fingerprint density at radius 1 is 1.05 bits per heavy atom. The lowest BCUT2D eigenvalue weighted by Crippen LogP contribution is -2.48. The van der Waals surface area contributed by atoms with E-state index in [-0.39, 0.29) is 5.91 Å². The first-order valence-corrected chi connectivity index (χ1v) is 7.71. The molecular weight excluding hydrogens is 274 g/mol. The fraction of sp³-hybridized carbons (Fsp3) is 0.333. The standard InChI is InChI=1S/C18H21N3O/c1-15-6-2-3-8-17(15)18(22)21-12-10-20(11-13-21)14-16-7-4-5-9-19-16/h2-9H,10-14H2,1H3. The van der Waals surface area contributed by atoms with E-state index in [2.05, 4.69) is 9.88 Å². The van der Waals surface area contributed by atoms with Crippen LogP contribution >= 0.6 is 0 Å².